The van der Waals surface area contributed by atoms with Crippen LogP contribution in [0.25, 0.3) is 11.1 Å². The Morgan fingerprint density at radius 2 is 1.79 bits per heavy atom. The number of hydrogen-bond donors (Lipinski definition) is 3. The van der Waals surface area contributed by atoms with Crippen LogP contribution in [-0.4, -0.2) is 54.1 Å². The molecule has 4 aliphatic rings. The molecule has 0 spiro atoms. The zero-order valence-electron chi connectivity index (χ0n) is 20.1. The lowest BCUT2D eigenvalue weighted by Crippen LogP contribution is -2.61. The van der Waals surface area contributed by atoms with E-state index in [0.717, 1.165) is 37.0 Å². The summed E-state index contributed by atoms with van der Waals surface area (Å²) in [5.41, 5.74) is 1.70. The molecule has 4 saturated carbocycles. The van der Waals surface area contributed by atoms with Gasteiger partial charge in [-0.15, -0.1) is 0 Å². The Kier molecular flexibility index (Phi) is 6.14. The lowest BCUT2D eigenvalue weighted by Gasteiger charge is -2.56. The number of oxazole rings is 1. The maximum atomic E-state index is 12.6. The molecule has 9 heteroatoms. The van der Waals surface area contributed by atoms with Crippen molar-refractivity contribution < 1.29 is 14.0 Å². The molecule has 0 saturated heterocycles. The molecule has 9 nitrogen and oxygen atoms in total. The molecule has 0 aliphatic heterocycles. The van der Waals surface area contributed by atoms with Crippen molar-refractivity contribution in [3.63, 3.8) is 0 Å². The molecule has 4 fully saturated rings. The number of rotatable bonds is 8. The smallest absolute Gasteiger partial charge is 0.408 e. The van der Waals surface area contributed by atoms with Crippen molar-refractivity contribution in [3.8, 4) is 0 Å². The van der Waals surface area contributed by atoms with Crippen molar-refractivity contribution in [2.24, 2.45) is 17.8 Å². The molecule has 4 bridgehead atoms. The van der Waals surface area contributed by atoms with E-state index in [0.29, 0.717) is 29.9 Å². The third-order valence-corrected chi connectivity index (χ3v) is 7.78. The molecule has 184 valence electrons. The summed E-state index contributed by atoms with van der Waals surface area (Å²) in [5, 5.41) is 8.99. The Morgan fingerprint density at radius 3 is 2.44 bits per heavy atom. The Hall–Kier alpha value is -2.81. The van der Waals surface area contributed by atoms with E-state index < -0.39 is 5.76 Å². The van der Waals surface area contributed by atoms with Crippen molar-refractivity contribution >= 4 is 28.7 Å². The molecule has 1 heterocycles. The molecule has 0 atom stereocenters. The summed E-state index contributed by atoms with van der Waals surface area (Å²) in [6.45, 7) is 1.46. The number of carbonyl (C=O) groups is 2. The van der Waals surface area contributed by atoms with Gasteiger partial charge < -0.3 is 25.3 Å². The van der Waals surface area contributed by atoms with E-state index in [4.69, 9.17) is 4.42 Å². The first kappa shape index (κ1) is 23.0. The van der Waals surface area contributed by atoms with Crippen LogP contribution in [0.4, 0.5) is 10.5 Å². The van der Waals surface area contributed by atoms with E-state index >= 15 is 0 Å². The lowest BCUT2D eigenvalue weighted by molar-refractivity contribution is -0.116. The van der Waals surface area contributed by atoms with Gasteiger partial charge in [-0.25, -0.2) is 9.59 Å². The first-order valence-electron chi connectivity index (χ1n) is 12.4. The van der Waals surface area contributed by atoms with Crippen LogP contribution in [0.3, 0.4) is 0 Å². The summed E-state index contributed by atoms with van der Waals surface area (Å²) >= 11 is 0. The topological polar surface area (TPSA) is 109 Å². The van der Waals surface area contributed by atoms with Crippen LogP contribution >= 0.6 is 0 Å². The van der Waals surface area contributed by atoms with Gasteiger partial charge in [-0.05, 0) is 88.6 Å². The lowest BCUT2D eigenvalue weighted by atomic mass is 9.53. The van der Waals surface area contributed by atoms with Crippen LogP contribution in [-0.2, 0) is 11.3 Å². The fourth-order valence-corrected chi connectivity index (χ4v) is 6.71. The van der Waals surface area contributed by atoms with E-state index in [-0.39, 0.29) is 30.4 Å². The van der Waals surface area contributed by atoms with Crippen LogP contribution in [0.1, 0.15) is 44.9 Å². The van der Waals surface area contributed by atoms with Crippen molar-refractivity contribution in [3.05, 3.63) is 28.7 Å². The highest BCUT2D eigenvalue weighted by Gasteiger charge is 2.51. The molecule has 2 aromatic rings. The highest BCUT2D eigenvalue weighted by atomic mass is 16.4. The molecule has 0 unspecified atom stereocenters. The second-order valence-electron chi connectivity index (χ2n) is 10.9. The Morgan fingerprint density at radius 1 is 1.12 bits per heavy atom. The standard InChI is InChI=1S/C25H35N5O4/c1-29(2)7-8-30-20-12-19(3-4-21(20)34-24(30)33)27-22(31)5-6-26-23(32)28-25-13-16-9-17(14-25)11-18(10-16)15-25/h3-4,12,16-18H,5-11,13-15H2,1-2H3,(H,27,31)(H2,26,28,32). The van der Waals surface area contributed by atoms with Crippen LogP contribution in [0.2, 0.25) is 0 Å². The van der Waals surface area contributed by atoms with Crippen molar-refractivity contribution in [2.45, 2.75) is 57.0 Å². The quantitative estimate of drug-likeness (QED) is 0.551. The number of aromatic nitrogens is 1. The van der Waals surface area contributed by atoms with Crippen LogP contribution in [0.5, 0.6) is 0 Å². The van der Waals surface area contributed by atoms with Gasteiger partial charge in [0.15, 0.2) is 5.58 Å². The first-order chi connectivity index (χ1) is 16.3. The Balaban J connectivity index is 1.12. The minimum absolute atomic E-state index is 0.0382. The number of hydrogen-bond acceptors (Lipinski definition) is 5. The molecule has 6 rings (SSSR count). The van der Waals surface area contributed by atoms with Gasteiger partial charge in [0, 0.05) is 37.3 Å². The van der Waals surface area contributed by atoms with Gasteiger partial charge >= 0.3 is 11.8 Å². The number of nitrogens with zero attached hydrogens (tertiary/aromatic N) is 2. The van der Waals surface area contributed by atoms with E-state index in [9.17, 15) is 14.4 Å². The number of anilines is 1. The maximum Gasteiger partial charge on any atom is 0.419 e. The largest absolute Gasteiger partial charge is 0.419 e. The van der Waals surface area contributed by atoms with E-state index in [1.54, 1.807) is 22.8 Å². The third-order valence-electron chi connectivity index (χ3n) is 7.78. The van der Waals surface area contributed by atoms with E-state index in [1.165, 1.54) is 19.3 Å². The van der Waals surface area contributed by atoms with Gasteiger partial charge in [-0.2, -0.15) is 0 Å². The SMILES string of the molecule is CN(C)CCn1c(=O)oc2ccc(NC(=O)CCNC(=O)NC34CC5CC(CC(C5)C3)C4)cc21. The third kappa shape index (κ3) is 4.85. The Bertz CT molecular complexity index is 1100. The molecule has 4 aliphatic carbocycles. The summed E-state index contributed by atoms with van der Waals surface area (Å²) < 4.78 is 6.87. The van der Waals surface area contributed by atoms with E-state index in [1.807, 2.05) is 19.0 Å². The molecule has 0 radical (unpaired) electrons. The minimum Gasteiger partial charge on any atom is -0.408 e. The fourth-order valence-electron chi connectivity index (χ4n) is 6.71. The number of amides is 3. The van der Waals surface area contributed by atoms with Crippen LogP contribution in [0.15, 0.2) is 27.4 Å². The van der Waals surface area contributed by atoms with Gasteiger partial charge in [0.2, 0.25) is 5.91 Å². The molecular formula is C25H35N5O4. The van der Waals surface area contributed by atoms with Crippen molar-refractivity contribution in [2.75, 3.05) is 32.5 Å². The second kappa shape index (κ2) is 9.09. The molecule has 1 aromatic heterocycles. The maximum absolute atomic E-state index is 12.6. The average Bonchev–Trinajstić information content (AvgIpc) is 3.05. The van der Waals surface area contributed by atoms with Gasteiger partial charge in [0.25, 0.3) is 0 Å². The minimum atomic E-state index is -0.408. The predicted molar refractivity (Wildman–Crippen MR) is 130 cm³/mol. The zero-order valence-corrected chi connectivity index (χ0v) is 20.1. The van der Waals surface area contributed by atoms with Gasteiger partial charge in [-0.3, -0.25) is 9.36 Å². The normalized spacial score (nSPS) is 27.3. The van der Waals surface area contributed by atoms with Crippen LogP contribution in [0, 0.1) is 17.8 Å². The summed E-state index contributed by atoms with van der Waals surface area (Å²) in [6.07, 6.45) is 7.47. The van der Waals surface area contributed by atoms with Crippen LogP contribution < -0.4 is 21.7 Å². The Labute approximate surface area is 199 Å². The number of likely N-dealkylation sites (N-methyl/N-ethyl adjacent to an activating group) is 1. The molecular weight excluding hydrogens is 434 g/mol. The van der Waals surface area contributed by atoms with Gasteiger partial charge in [0.05, 0.1) is 5.52 Å². The molecule has 3 amide bonds. The average molecular weight is 470 g/mol. The number of nitrogens with one attached hydrogen (secondary N) is 3. The molecule has 34 heavy (non-hydrogen) atoms. The monoisotopic (exact) mass is 469 g/mol. The number of carbonyl (C=O) groups excluding carboxylic acids is 2. The fraction of sp³-hybridized carbons (Fsp3) is 0.640. The summed E-state index contributed by atoms with van der Waals surface area (Å²) in [5.74, 6) is 1.70. The van der Waals surface area contributed by atoms with Gasteiger partial charge in [-0.1, -0.05) is 0 Å². The summed E-state index contributed by atoms with van der Waals surface area (Å²) in [7, 11) is 3.88. The van der Waals surface area contributed by atoms with Crippen molar-refractivity contribution in [1.82, 2.24) is 20.1 Å². The highest BCUT2D eigenvalue weighted by Crippen LogP contribution is 2.55. The predicted octanol–water partition coefficient (Wildman–Crippen LogP) is 2.75. The summed E-state index contributed by atoms with van der Waals surface area (Å²) in [4.78, 5) is 39.2. The summed E-state index contributed by atoms with van der Waals surface area (Å²) in [6, 6.07) is 4.99. The molecule has 3 N–H and O–H groups in total. The zero-order chi connectivity index (χ0) is 23.9. The second-order valence-corrected chi connectivity index (χ2v) is 10.9. The number of benzene rings is 1. The van der Waals surface area contributed by atoms with Crippen molar-refractivity contribution in [1.29, 1.82) is 0 Å². The van der Waals surface area contributed by atoms with E-state index in [2.05, 4.69) is 16.0 Å². The number of fused-ring (bicyclic) bond motifs is 1. The van der Waals surface area contributed by atoms with Gasteiger partial charge in [0.1, 0.15) is 0 Å². The first-order valence-corrected chi connectivity index (χ1v) is 12.4. The number of urea groups is 1. The molecule has 1 aromatic carbocycles. The highest BCUT2D eigenvalue weighted by molar-refractivity contribution is 5.93.